The Kier molecular flexibility index (Phi) is 6.50. The Morgan fingerprint density at radius 3 is 2.16 bits per heavy atom. The molecule has 0 unspecified atom stereocenters. The van der Waals surface area contributed by atoms with Gasteiger partial charge in [-0.3, -0.25) is 4.99 Å². The van der Waals surface area contributed by atoms with Crippen molar-refractivity contribution in [2.45, 2.75) is 60.3 Å². The molecule has 0 bridgehead atoms. The van der Waals surface area contributed by atoms with Gasteiger partial charge in [0.2, 0.25) is 0 Å². The highest BCUT2D eigenvalue weighted by atomic mass is 14.7. The predicted molar refractivity (Wildman–Crippen MR) is 160 cm³/mol. The Morgan fingerprint density at radius 1 is 0.757 bits per heavy atom. The topological polar surface area (TPSA) is 12.4 Å². The minimum Gasteiger partial charge on any atom is -0.260 e. The molecule has 5 rings (SSSR count). The standard InChI is InChI=1S/C36H37N/c1-23(2)22-37-35(21-30-19-24(3)18-25(4)26(30)5)28-14-12-27(13-15-28)29-16-17-32-31-10-8-9-11-33(31)36(6,7)34(32)20-29/h8-20,22H,21H2,1-7H3. The van der Waals surface area contributed by atoms with Crippen LogP contribution in [0.25, 0.3) is 22.3 Å². The molecule has 0 amide bonds. The summed E-state index contributed by atoms with van der Waals surface area (Å²) in [4.78, 5) is 4.94. The first-order valence-corrected chi connectivity index (χ1v) is 13.3. The van der Waals surface area contributed by atoms with Crippen LogP contribution in [0.2, 0.25) is 0 Å². The average Bonchev–Trinajstić information content (AvgIpc) is 3.11. The molecule has 0 N–H and O–H groups in total. The van der Waals surface area contributed by atoms with Crippen LogP contribution in [0.15, 0.2) is 95.6 Å². The number of aryl methyl sites for hydroxylation is 2. The van der Waals surface area contributed by atoms with Crippen LogP contribution < -0.4 is 0 Å². The summed E-state index contributed by atoms with van der Waals surface area (Å²) in [6.07, 6.45) is 2.81. The van der Waals surface area contributed by atoms with Gasteiger partial charge in [0, 0.05) is 18.0 Å². The second-order valence-corrected chi connectivity index (χ2v) is 11.3. The third-order valence-electron chi connectivity index (χ3n) is 7.89. The molecule has 0 radical (unpaired) electrons. The van der Waals surface area contributed by atoms with Crippen LogP contribution in [0, 0.1) is 20.8 Å². The van der Waals surface area contributed by atoms with Gasteiger partial charge in [-0.2, -0.15) is 0 Å². The fourth-order valence-electron chi connectivity index (χ4n) is 5.66. The van der Waals surface area contributed by atoms with Crippen molar-refractivity contribution in [1.29, 1.82) is 0 Å². The van der Waals surface area contributed by atoms with E-state index in [9.17, 15) is 0 Å². The number of hydrogen-bond donors (Lipinski definition) is 0. The molecule has 0 aromatic heterocycles. The molecule has 0 aliphatic heterocycles. The molecule has 0 saturated heterocycles. The SMILES string of the molecule is CC(C)=CN=C(Cc1cc(C)cc(C)c1C)c1ccc(-c2ccc3c(c2)C(C)(C)c2ccccc2-3)cc1. The summed E-state index contributed by atoms with van der Waals surface area (Å²) in [7, 11) is 0. The Morgan fingerprint density at radius 2 is 1.43 bits per heavy atom. The zero-order valence-corrected chi connectivity index (χ0v) is 23.2. The molecule has 1 nitrogen and oxygen atoms in total. The van der Waals surface area contributed by atoms with Gasteiger partial charge in [-0.25, -0.2) is 0 Å². The van der Waals surface area contributed by atoms with E-state index in [0.29, 0.717) is 0 Å². The number of rotatable bonds is 5. The Bertz CT molecular complexity index is 1540. The summed E-state index contributed by atoms with van der Waals surface area (Å²) in [5, 5.41) is 0. The van der Waals surface area contributed by atoms with Crippen LogP contribution in [-0.4, -0.2) is 5.71 Å². The van der Waals surface area contributed by atoms with E-state index in [4.69, 9.17) is 4.99 Å². The van der Waals surface area contributed by atoms with Gasteiger partial charge >= 0.3 is 0 Å². The second-order valence-electron chi connectivity index (χ2n) is 11.3. The molecule has 1 aliphatic carbocycles. The fraction of sp³-hybridized carbons (Fsp3) is 0.250. The molecule has 37 heavy (non-hydrogen) atoms. The lowest BCUT2D eigenvalue weighted by molar-refractivity contribution is 0.660. The van der Waals surface area contributed by atoms with E-state index in [2.05, 4.69) is 127 Å². The Labute approximate surface area is 222 Å². The molecule has 1 heteroatoms. The molecule has 0 atom stereocenters. The highest BCUT2D eigenvalue weighted by Gasteiger charge is 2.35. The molecular weight excluding hydrogens is 446 g/mol. The monoisotopic (exact) mass is 483 g/mol. The first-order chi connectivity index (χ1) is 17.6. The lowest BCUT2D eigenvalue weighted by Crippen LogP contribution is -2.14. The van der Waals surface area contributed by atoms with E-state index >= 15 is 0 Å². The van der Waals surface area contributed by atoms with E-state index in [0.717, 1.165) is 12.1 Å². The minimum absolute atomic E-state index is 0.00978. The molecule has 4 aromatic carbocycles. The van der Waals surface area contributed by atoms with Crippen LogP contribution >= 0.6 is 0 Å². The summed E-state index contributed by atoms with van der Waals surface area (Å²) in [5.74, 6) is 0. The maximum absolute atomic E-state index is 4.94. The largest absolute Gasteiger partial charge is 0.260 e. The zero-order valence-electron chi connectivity index (χ0n) is 23.2. The minimum atomic E-state index is 0.00978. The molecule has 0 spiro atoms. The quantitative estimate of drug-likeness (QED) is 0.251. The lowest BCUT2D eigenvalue weighted by atomic mass is 9.81. The highest BCUT2D eigenvalue weighted by molar-refractivity contribution is 6.02. The van der Waals surface area contributed by atoms with Crippen molar-refractivity contribution in [1.82, 2.24) is 0 Å². The molecular formula is C36H37N. The molecule has 1 aliphatic rings. The van der Waals surface area contributed by atoms with Crippen molar-refractivity contribution in [2.24, 2.45) is 4.99 Å². The van der Waals surface area contributed by atoms with Gasteiger partial charge in [0.15, 0.2) is 0 Å². The number of hydrogen-bond acceptors (Lipinski definition) is 1. The molecule has 0 fully saturated rings. The van der Waals surface area contributed by atoms with E-state index < -0.39 is 0 Å². The van der Waals surface area contributed by atoms with Gasteiger partial charge in [0.05, 0.1) is 5.71 Å². The van der Waals surface area contributed by atoms with Crippen LogP contribution in [0.4, 0.5) is 0 Å². The van der Waals surface area contributed by atoms with Crippen molar-refractivity contribution >= 4 is 5.71 Å². The maximum atomic E-state index is 4.94. The van der Waals surface area contributed by atoms with Gasteiger partial charge < -0.3 is 0 Å². The molecule has 0 heterocycles. The summed E-state index contributed by atoms with van der Waals surface area (Å²) in [6, 6.07) is 29.3. The third kappa shape index (κ3) is 4.71. The van der Waals surface area contributed by atoms with Crippen molar-refractivity contribution in [2.75, 3.05) is 0 Å². The highest BCUT2D eigenvalue weighted by Crippen LogP contribution is 2.49. The first-order valence-electron chi connectivity index (χ1n) is 13.3. The third-order valence-corrected chi connectivity index (χ3v) is 7.89. The maximum Gasteiger partial charge on any atom is 0.0519 e. The van der Waals surface area contributed by atoms with Gasteiger partial charge in [-0.05, 0) is 96.3 Å². The smallest absolute Gasteiger partial charge is 0.0519 e. The summed E-state index contributed by atoms with van der Waals surface area (Å²) < 4.78 is 0. The van der Waals surface area contributed by atoms with Crippen molar-refractivity contribution in [3.8, 4) is 22.3 Å². The van der Waals surface area contributed by atoms with E-state index in [1.165, 1.54) is 66.8 Å². The number of aliphatic imine (C=N–C) groups is 1. The number of nitrogens with zero attached hydrogens (tertiary/aromatic N) is 1. The zero-order chi connectivity index (χ0) is 26.3. The number of allylic oxidation sites excluding steroid dienone is 1. The van der Waals surface area contributed by atoms with Crippen LogP contribution in [-0.2, 0) is 11.8 Å². The normalized spacial score (nSPS) is 13.8. The van der Waals surface area contributed by atoms with Gasteiger partial charge in [0.1, 0.15) is 0 Å². The van der Waals surface area contributed by atoms with Crippen molar-refractivity contribution < 1.29 is 0 Å². The molecule has 186 valence electrons. The van der Waals surface area contributed by atoms with E-state index in [1.54, 1.807) is 0 Å². The Balaban J connectivity index is 1.49. The fourth-order valence-corrected chi connectivity index (χ4v) is 5.66. The van der Waals surface area contributed by atoms with Crippen molar-refractivity contribution in [3.63, 3.8) is 0 Å². The Hall–Kier alpha value is -3.71. The van der Waals surface area contributed by atoms with Crippen LogP contribution in [0.1, 0.15) is 66.6 Å². The van der Waals surface area contributed by atoms with E-state index in [1.807, 2.05) is 6.20 Å². The van der Waals surface area contributed by atoms with E-state index in [-0.39, 0.29) is 5.41 Å². The van der Waals surface area contributed by atoms with Gasteiger partial charge in [-0.1, -0.05) is 97.8 Å². The summed E-state index contributed by atoms with van der Waals surface area (Å²) in [6.45, 7) is 15.5. The lowest BCUT2D eigenvalue weighted by Gasteiger charge is -2.22. The van der Waals surface area contributed by atoms with Gasteiger partial charge in [0.25, 0.3) is 0 Å². The number of benzene rings is 4. The van der Waals surface area contributed by atoms with Crippen LogP contribution in [0.5, 0.6) is 0 Å². The summed E-state index contributed by atoms with van der Waals surface area (Å²) >= 11 is 0. The summed E-state index contributed by atoms with van der Waals surface area (Å²) in [5.41, 5.74) is 16.9. The number of fused-ring (bicyclic) bond motifs is 3. The predicted octanol–water partition coefficient (Wildman–Crippen LogP) is 9.54. The first kappa shape index (κ1) is 25.0. The van der Waals surface area contributed by atoms with Crippen molar-refractivity contribution in [3.05, 3.63) is 130 Å². The average molecular weight is 484 g/mol. The molecule has 4 aromatic rings. The second kappa shape index (κ2) is 9.63. The van der Waals surface area contributed by atoms with Crippen LogP contribution in [0.3, 0.4) is 0 Å². The molecule has 0 saturated carbocycles. The van der Waals surface area contributed by atoms with Gasteiger partial charge in [-0.15, -0.1) is 0 Å².